The molecular weight excluding hydrogens is 288 g/mol. The summed E-state index contributed by atoms with van der Waals surface area (Å²) in [5.74, 6) is 1.89. The van der Waals surface area contributed by atoms with Gasteiger partial charge in [0.2, 0.25) is 0 Å². The Labute approximate surface area is 136 Å². The van der Waals surface area contributed by atoms with Gasteiger partial charge in [-0.05, 0) is 30.9 Å². The molecule has 1 fully saturated rings. The molecule has 0 spiro atoms. The number of amides is 1. The minimum atomic E-state index is 0.123. The minimum absolute atomic E-state index is 0.123. The van der Waals surface area contributed by atoms with Gasteiger partial charge in [0.1, 0.15) is 11.5 Å². The van der Waals surface area contributed by atoms with Gasteiger partial charge in [-0.25, -0.2) is 4.98 Å². The predicted octanol–water partition coefficient (Wildman–Crippen LogP) is 2.44. The van der Waals surface area contributed by atoms with Crippen molar-refractivity contribution in [2.75, 3.05) is 31.6 Å². The van der Waals surface area contributed by atoms with E-state index in [0.29, 0.717) is 0 Å². The summed E-state index contributed by atoms with van der Waals surface area (Å²) < 4.78 is 2.12. The number of hydrogen-bond donors (Lipinski definition) is 0. The average molecular weight is 312 g/mol. The standard InChI is InChI=1S/C18H24N4O/c1-12-5-4-9-22(11-12)15-7-6-13-16-14(21(3)17(13)19-15)8-10-20(2)18(16)23/h6-7,12H,4-5,8-11H2,1-3H3/t12-/m0/s1. The SMILES string of the molecule is C[C@H]1CCCN(c2ccc3c4c(n(C)c3n2)CCN(C)C4=O)C1. The predicted molar refractivity (Wildman–Crippen MR) is 92.0 cm³/mol. The molecule has 122 valence electrons. The van der Waals surface area contributed by atoms with Crippen molar-refractivity contribution in [1.29, 1.82) is 0 Å². The minimum Gasteiger partial charge on any atom is -0.356 e. The first-order valence-electron chi connectivity index (χ1n) is 8.55. The molecule has 5 nitrogen and oxygen atoms in total. The molecular formula is C18H24N4O. The summed E-state index contributed by atoms with van der Waals surface area (Å²) in [6, 6.07) is 4.18. The van der Waals surface area contributed by atoms with Crippen LogP contribution in [0.5, 0.6) is 0 Å². The van der Waals surface area contributed by atoms with Gasteiger partial charge in [0.05, 0.1) is 5.56 Å². The molecule has 5 heteroatoms. The first kappa shape index (κ1) is 14.5. The van der Waals surface area contributed by atoms with Crippen molar-refractivity contribution in [3.05, 3.63) is 23.4 Å². The molecule has 1 atom stereocenters. The van der Waals surface area contributed by atoms with Gasteiger partial charge >= 0.3 is 0 Å². The second-order valence-corrected chi connectivity index (χ2v) is 7.09. The van der Waals surface area contributed by atoms with Crippen molar-refractivity contribution in [3.63, 3.8) is 0 Å². The highest BCUT2D eigenvalue weighted by atomic mass is 16.2. The molecule has 0 aromatic carbocycles. The molecule has 0 N–H and O–H groups in total. The van der Waals surface area contributed by atoms with Crippen LogP contribution in [0.4, 0.5) is 5.82 Å². The Morgan fingerprint density at radius 3 is 2.83 bits per heavy atom. The van der Waals surface area contributed by atoms with Gasteiger partial charge < -0.3 is 14.4 Å². The molecule has 0 radical (unpaired) electrons. The van der Waals surface area contributed by atoms with E-state index in [4.69, 9.17) is 4.98 Å². The maximum atomic E-state index is 12.5. The van der Waals surface area contributed by atoms with E-state index in [2.05, 4.69) is 28.5 Å². The van der Waals surface area contributed by atoms with E-state index >= 15 is 0 Å². The van der Waals surface area contributed by atoms with Crippen molar-refractivity contribution in [1.82, 2.24) is 14.5 Å². The van der Waals surface area contributed by atoms with Gasteiger partial charge in [-0.2, -0.15) is 0 Å². The van der Waals surface area contributed by atoms with Crippen LogP contribution >= 0.6 is 0 Å². The number of fused-ring (bicyclic) bond motifs is 3. The maximum Gasteiger partial charge on any atom is 0.256 e. The van der Waals surface area contributed by atoms with Crippen LogP contribution in [0.15, 0.2) is 12.1 Å². The van der Waals surface area contributed by atoms with E-state index in [1.807, 2.05) is 19.0 Å². The Hall–Kier alpha value is -2.04. The highest BCUT2D eigenvalue weighted by Gasteiger charge is 2.29. The van der Waals surface area contributed by atoms with Crippen LogP contribution in [0.3, 0.4) is 0 Å². The quantitative estimate of drug-likeness (QED) is 0.812. The second-order valence-electron chi connectivity index (χ2n) is 7.09. The molecule has 23 heavy (non-hydrogen) atoms. The van der Waals surface area contributed by atoms with Gasteiger partial charge in [0.15, 0.2) is 0 Å². The number of carbonyl (C=O) groups is 1. The van der Waals surface area contributed by atoms with Crippen LogP contribution in [-0.4, -0.2) is 47.0 Å². The van der Waals surface area contributed by atoms with E-state index in [1.54, 1.807) is 0 Å². The number of piperidine rings is 1. The summed E-state index contributed by atoms with van der Waals surface area (Å²) in [5.41, 5.74) is 2.91. The molecule has 0 unspecified atom stereocenters. The van der Waals surface area contributed by atoms with Crippen molar-refractivity contribution >= 4 is 22.8 Å². The molecule has 2 aromatic heterocycles. The van der Waals surface area contributed by atoms with E-state index in [-0.39, 0.29) is 5.91 Å². The molecule has 0 aliphatic carbocycles. The van der Waals surface area contributed by atoms with E-state index in [0.717, 1.165) is 60.1 Å². The molecule has 1 amide bonds. The summed E-state index contributed by atoms with van der Waals surface area (Å²) in [5, 5.41) is 0.993. The smallest absolute Gasteiger partial charge is 0.256 e. The third-order valence-electron chi connectivity index (χ3n) is 5.37. The lowest BCUT2D eigenvalue weighted by atomic mass is 10.0. The number of anilines is 1. The fourth-order valence-corrected chi connectivity index (χ4v) is 4.01. The first-order valence-corrected chi connectivity index (χ1v) is 8.55. The number of aromatic nitrogens is 2. The van der Waals surface area contributed by atoms with Crippen molar-refractivity contribution in [2.45, 2.75) is 26.2 Å². The highest BCUT2D eigenvalue weighted by Crippen LogP contribution is 2.31. The highest BCUT2D eigenvalue weighted by molar-refractivity contribution is 6.08. The summed E-state index contributed by atoms with van der Waals surface area (Å²) in [4.78, 5) is 21.7. The Morgan fingerprint density at radius 2 is 2.04 bits per heavy atom. The van der Waals surface area contributed by atoms with Gasteiger partial charge in [-0.3, -0.25) is 4.79 Å². The van der Waals surface area contributed by atoms with Crippen LogP contribution in [0, 0.1) is 5.92 Å². The number of aryl methyl sites for hydroxylation is 1. The largest absolute Gasteiger partial charge is 0.356 e. The third kappa shape index (κ3) is 2.21. The zero-order valence-electron chi connectivity index (χ0n) is 14.2. The Bertz CT molecular complexity index is 779. The van der Waals surface area contributed by atoms with Crippen LogP contribution < -0.4 is 4.90 Å². The van der Waals surface area contributed by atoms with E-state index in [1.165, 1.54) is 12.8 Å². The Kier molecular flexibility index (Phi) is 3.32. The monoisotopic (exact) mass is 312 g/mol. The Morgan fingerprint density at radius 1 is 1.22 bits per heavy atom. The zero-order chi connectivity index (χ0) is 16.1. The first-order chi connectivity index (χ1) is 11.1. The van der Waals surface area contributed by atoms with Gasteiger partial charge in [0, 0.05) is 51.2 Å². The molecule has 2 aromatic rings. The fraction of sp³-hybridized carbons (Fsp3) is 0.556. The average Bonchev–Trinajstić information content (AvgIpc) is 2.84. The number of nitrogens with zero attached hydrogens (tertiary/aromatic N) is 4. The third-order valence-corrected chi connectivity index (χ3v) is 5.37. The number of likely N-dealkylation sites (N-methyl/N-ethyl adjacent to an activating group) is 1. The van der Waals surface area contributed by atoms with E-state index < -0.39 is 0 Å². The number of pyridine rings is 1. The molecule has 2 aliphatic rings. The molecule has 4 rings (SSSR count). The summed E-state index contributed by atoms with van der Waals surface area (Å²) in [7, 11) is 3.91. The van der Waals surface area contributed by atoms with Crippen LogP contribution in [0.1, 0.15) is 35.8 Å². The van der Waals surface area contributed by atoms with Crippen molar-refractivity contribution < 1.29 is 4.79 Å². The summed E-state index contributed by atoms with van der Waals surface area (Å²) in [6.07, 6.45) is 3.44. The molecule has 2 aliphatic heterocycles. The molecule has 1 saturated heterocycles. The van der Waals surface area contributed by atoms with Crippen molar-refractivity contribution in [2.24, 2.45) is 13.0 Å². The summed E-state index contributed by atoms with van der Waals surface area (Å²) in [6.45, 7) is 5.24. The number of rotatable bonds is 1. The van der Waals surface area contributed by atoms with Crippen molar-refractivity contribution in [3.8, 4) is 0 Å². The number of hydrogen-bond acceptors (Lipinski definition) is 3. The lowest BCUT2D eigenvalue weighted by Gasteiger charge is -2.31. The Balaban J connectivity index is 1.81. The molecule has 0 bridgehead atoms. The van der Waals surface area contributed by atoms with Gasteiger partial charge in [-0.1, -0.05) is 6.92 Å². The van der Waals surface area contributed by atoms with Gasteiger partial charge in [-0.15, -0.1) is 0 Å². The van der Waals surface area contributed by atoms with Crippen LogP contribution in [0.25, 0.3) is 11.0 Å². The second kappa shape index (κ2) is 5.25. The van der Waals surface area contributed by atoms with Crippen LogP contribution in [0.2, 0.25) is 0 Å². The normalized spacial score (nSPS) is 21.9. The number of carbonyl (C=O) groups excluding carboxylic acids is 1. The fourth-order valence-electron chi connectivity index (χ4n) is 4.01. The van der Waals surface area contributed by atoms with Gasteiger partial charge in [0.25, 0.3) is 5.91 Å². The van der Waals surface area contributed by atoms with Crippen LogP contribution in [-0.2, 0) is 13.5 Å². The topological polar surface area (TPSA) is 41.4 Å². The maximum absolute atomic E-state index is 12.5. The summed E-state index contributed by atoms with van der Waals surface area (Å²) >= 11 is 0. The molecule has 4 heterocycles. The lowest BCUT2D eigenvalue weighted by molar-refractivity contribution is 0.0781. The van der Waals surface area contributed by atoms with E-state index in [9.17, 15) is 4.79 Å². The lowest BCUT2D eigenvalue weighted by Crippen LogP contribution is -2.34. The molecule has 0 saturated carbocycles. The zero-order valence-corrected chi connectivity index (χ0v) is 14.2.